The molecule has 1 aliphatic carbocycles. The lowest BCUT2D eigenvalue weighted by molar-refractivity contribution is -0.117. The van der Waals surface area contributed by atoms with Crippen LogP contribution in [0.15, 0.2) is 42.5 Å². The third-order valence-electron chi connectivity index (χ3n) is 5.42. The first-order valence-corrected chi connectivity index (χ1v) is 10.3. The zero-order chi connectivity index (χ0) is 20.9. The number of carbonyl (C=O) groups excluding carboxylic acids is 2. The van der Waals surface area contributed by atoms with Gasteiger partial charge in [0.15, 0.2) is 0 Å². The van der Waals surface area contributed by atoms with E-state index in [1.807, 2.05) is 30.3 Å². The fourth-order valence-corrected chi connectivity index (χ4v) is 3.48. The third-order valence-corrected chi connectivity index (χ3v) is 5.42. The molecule has 1 saturated carbocycles. The summed E-state index contributed by atoms with van der Waals surface area (Å²) in [5.74, 6) is 0.819. The van der Waals surface area contributed by atoms with Crippen molar-refractivity contribution >= 4 is 23.2 Å². The van der Waals surface area contributed by atoms with Gasteiger partial charge in [0, 0.05) is 31.2 Å². The molecule has 158 valence electrons. The van der Waals surface area contributed by atoms with Crippen LogP contribution in [0.25, 0.3) is 0 Å². The lowest BCUT2D eigenvalue weighted by atomic mass is 10.1. The molecule has 0 spiro atoms. The van der Waals surface area contributed by atoms with Crippen molar-refractivity contribution in [2.75, 3.05) is 43.6 Å². The Hall–Kier alpha value is -3.06. The van der Waals surface area contributed by atoms with Gasteiger partial charge in [-0.15, -0.1) is 0 Å². The normalized spacial score (nSPS) is 16.1. The Balaban J connectivity index is 1.50. The van der Waals surface area contributed by atoms with Gasteiger partial charge < -0.3 is 25.0 Å². The standard InChI is InChI=1S/C23H27N3O4/c1-29-19-7-2-16(3-8-19)15-24-23(28)20-9-6-18(25-22(27)17-4-5-17)14-21(20)26-10-12-30-13-11-26/h2-3,6-9,14,17H,4-5,10-13,15H2,1H3,(H,24,28)(H,25,27). The van der Waals surface area contributed by atoms with Crippen molar-refractivity contribution in [2.24, 2.45) is 5.92 Å². The Labute approximate surface area is 176 Å². The molecule has 1 heterocycles. The van der Waals surface area contributed by atoms with E-state index in [4.69, 9.17) is 9.47 Å². The van der Waals surface area contributed by atoms with Crippen LogP contribution < -0.4 is 20.3 Å². The SMILES string of the molecule is COc1ccc(CNC(=O)c2ccc(NC(=O)C3CC3)cc2N2CCOCC2)cc1. The first-order chi connectivity index (χ1) is 14.6. The van der Waals surface area contributed by atoms with Crippen LogP contribution in [0.4, 0.5) is 11.4 Å². The van der Waals surface area contributed by atoms with E-state index in [0.717, 1.165) is 35.5 Å². The lowest BCUT2D eigenvalue weighted by Gasteiger charge is -2.30. The van der Waals surface area contributed by atoms with Crippen LogP contribution in [0.5, 0.6) is 5.75 Å². The second-order valence-electron chi connectivity index (χ2n) is 7.63. The molecule has 2 aliphatic rings. The molecule has 2 aromatic rings. The Kier molecular flexibility index (Phi) is 6.18. The number of carbonyl (C=O) groups is 2. The van der Waals surface area contributed by atoms with Gasteiger partial charge in [-0.25, -0.2) is 0 Å². The van der Waals surface area contributed by atoms with Gasteiger partial charge in [0.1, 0.15) is 5.75 Å². The monoisotopic (exact) mass is 409 g/mol. The Morgan fingerprint density at radius 2 is 1.83 bits per heavy atom. The fraction of sp³-hybridized carbons (Fsp3) is 0.391. The number of ether oxygens (including phenoxy) is 2. The molecule has 2 fully saturated rings. The quantitative estimate of drug-likeness (QED) is 0.735. The van der Waals surface area contributed by atoms with E-state index in [2.05, 4.69) is 15.5 Å². The Bertz CT molecular complexity index is 903. The van der Waals surface area contributed by atoms with Gasteiger partial charge in [-0.2, -0.15) is 0 Å². The van der Waals surface area contributed by atoms with E-state index in [1.54, 1.807) is 19.2 Å². The van der Waals surface area contributed by atoms with Crippen LogP contribution in [0.3, 0.4) is 0 Å². The van der Waals surface area contributed by atoms with Gasteiger partial charge in [0.05, 0.1) is 31.6 Å². The fourth-order valence-electron chi connectivity index (χ4n) is 3.48. The minimum atomic E-state index is -0.146. The average molecular weight is 409 g/mol. The molecule has 0 bridgehead atoms. The maximum absolute atomic E-state index is 13.0. The summed E-state index contributed by atoms with van der Waals surface area (Å²) in [7, 11) is 1.63. The van der Waals surface area contributed by atoms with E-state index in [-0.39, 0.29) is 17.7 Å². The molecule has 1 aliphatic heterocycles. The smallest absolute Gasteiger partial charge is 0.253 e. The summed E-state index contributed by atoms with van der Waals surface area (Å²) in [4.78, 5) is 27.3. The zero-order valence-corrected chi connectivity index (χ0v) is 17.1. The summed E-state index contributed by atoms with van der Waals surface area (Å²) >= 11 is 0. The van der Waals surface area contributed by atoms with Gasteiger partial charge >= 0.3 is 0 Å². The number of hydrogen-bond donors (Lipinski definition) is 2. The number of nitrogens with one attached hydrogen (secondary N) is 2. The molecule has 1 saturated heterocycles. The van der Waals surface area contributed by atoms with Crippen molar-refractivity contribution in [1.29, 1.82) is 0 Å². The highest BCUT2D eigenvalue weighted by Crippen LogP contribution is 2.31. The molecule has 2 N–H and O–H groups in total. The van der Waals surface area contributed by atoms with Crippen LogP contribution in [-0.4, -0.2) is 45.2 Å². The van der Waals surface area contributed by atoms with Gasteiger partial charge in [-0.1, -0.05) is 12.1 Å². The van der Waals surface area contributed by atoms with Gasteiger partial charge in [0.25, 0.3) is 5.91 Å². The van der Waals surface area contributed by atoms with Gasteiger partial charge in [0.2, 0.25) is 5.91 Å². The average Bonchev–Trinajstić information content (AvgIpc) is 3.64. The van der Waals surface area contributed by atoms with E-state index >= 15 is 0 Å². The van der Waals surface area contributed by atoms with Crippen LogP contribution in [0, 0.1) is 5.92 Å². The van der Waals surface area contributed by atoms with Crippen molar-refractivity contribution in [2.45, 2.75) is 19.4 Å². The Morgan fingerprint density at radius 3 is 2.50 bits per heavy atom. The van der Waals surface area contributed by atoms with Crippen molar-refractivity contribution in [3.63, 3.8) is 0 Å². The molecular formula is C23H27N3O4. The Morgan fingerprint density at radius 1 is 1.10 bits per heavy atom. The van der Waals surface area contributed by atoms with Gasteiger partial charge in [-0.05, 0) is 48.7 Å². The largest absolute Gasteiger partial charge is 0.497 e. The number of anilines is 2. The van der Waals surface area contributed by atoms with Crippen LogP contribution in [-0.2, 0) is 16.1 Å². The van der Waals surface area contributed by atoms with E-state index in [1.165, 1.54) is 0 Å². The van der Waals surface area contributed by atoms with Crippen molar-refractivity contribution < 1.29 is 19.1 Å². The molecule has 30 heavy (non-hydrogen) atoms. The lowest BCUT2D eigenvalue weighted by Crippen LogP contribution is -2.38. The molecule has 0 unspecified atom stereocenters. The number of methoxy groups -OCH3 is 1. The third kappa shape index (κ3) is 4.91. The first-order valence-electron chi connectivity index (χ1n) is 10.3. The van der Waals surface area contributed by atoms with E-state index in [0.29, 0.717) is 38.4 Å². The highest BCUT2D eigenvalue weighted by molar-refractivity contribution is 6.02. The highest BCUT2D eigenvalue weighted by atomic mass is 16.5. The minimum absolute atomic E-state index is 0.0552. The number of amides is 2. The molecule has 0 atom stereocenters. The van der Waals surface area contributed by atoms with E-state index in [9.17, 15) is 9.59 Å². The second-order valence-corrected chi connectivity index (χ2v) is 7.63. The van der Waals surface area contributed by atoms with Gasteiger partial charge in [-0.3, -0.25) is 9.59 Å². The van der Waals surface area contributed by atoms with Crippen LogP contribution in [0.2, 0.25) is 0 Å². The number of nitrogens with zero attached hydrogens (tertiary/aromatic N) is 1. The summed E-state index contributed by atoms with van der Waals surface area (Å²) < 4.78 is 10.6. The number of morpholine rings is 1. The molecule has 4 rings (SSSR count). The summed E-state index contributed by atoms with van der Waals surface area (Å²) in [6.07, 6.45) is 1.90. The van der Waals surface area contributed by atoms with Crippen molar-refractivity contribution in [3.8, 4) is 5.75 Å². The molecule has 7 heteroatoms. The molecule has 0 radical (unpaired) electrons. The van der Waals surface area contributed by atoms with Crippen molar-refractivity contribution in [3.05, 3.63) is 53.6 Å². The highest BCUT2D eigenvalue weighted by Gasteiger charge is 2.30. The number of rotatable bonds is 7. The summed E-state index contributed by atoms with van der Waals surface area (Å²) in [6, 6.07) is 13.1. The minimum Gasteiger partial charge on any atom is -0.497 e. The summed E-state index contributed by atoms with van der Waals surface area (Å²) in [6.45, 7) is 3.07. The predicted molar refractivity (Wildman–Crippen MR) is 115 cm³/mol. The van der Waals surface area contributed by atoms with E-state index < -0.39 is 0 Å². The maximum atomic E-state index is 13.0. The number of hydrogen-bond acceptors (Lipinski definition) is 5. The molecule has 0 aromatic heterocycles. The topological polar surface area (TPSA) is 79.9 Å². The first kappa shape index (κ1) is 20.2. The predicted octanol–water partition coefficient (Wildman–Crippen LogP) is 2.81. The van der Waals surface area contributed by atoms with Crippen molar-refractivity contribution in [1.82, 2.24) is 5.32 Å². The van der Waals surface area contributed by atoms with Crippen LogP contribution >= 0.6 is 0 Å². The molecule has 2 aromatic carbocycles. The summed E-state index contributed by atoms with van der Waals surface area (Å²) in [5.41, 5.74) is 3.12. The molecule has 2 amide bonds. The van der Waals surface area contributed by atoms with Crippen LogP contribution in [0.1, 0.15) is 28.8 Å². The molecular weight excluding hydrogens is 382 g/mol. The molecule has 7 nitrogen and oxygen atoms in total. The maximum Gasteiger partial charge on any atom is 0.253 e. The summed E-state index contributed by atoms with van der Waals surface area (Å²) in [5, 5.41) is 5.97. The number of benzene rings is 2. The second kappa shape index (κ2) is 9.17. The zero-order valence-electron chi connectivity index (χ0n) is 17.1.